The molecule has 0 aromatic heterocycles. The first-order valence-corrected chi connectivity index (χ1v) is 6.88. The predicted octanol–water partition coefficient (Wildman–Crippen LogP) is 1.57. The molecule has 7 nitrogen and oxygen atoms in total. The van der Waals surface area contributed by atoms with Crippen LogP contribution in [0.25, 0.3) is 0 Å². The van der Waals surface area contributed by atoms with Gasteiger partial charge >= 0.3 is 12.1 Å². The number of rotatable bonds is 4. The number of esters is 1. The van der Waals surface area contributed by atoms with Gasteiger partial charge in [0, 0.05) is 6.92 Å². The third-order valence-electron chi connectivity index (χ3n) is 3.27. The molecule has 0 radical (unpaired) electrons. The number of carbonyl (C=O) groups is 3. The third-order valence-corrected chi connectivity index (χ3v) is 3.27. The minimum Gasteiger partial charge on any atom is -0.456 e. The number of amides is 2. The van der Waals surface area contributed by atoms with Gasteiger partial charge in [0.1, 0.15) is 6.61 Å². The summed E-state index contributed by atoms with van der Waals surface area (Å²) in [6.07, 6.45) is -0.598. The number of para-hydroxylation sites is 1. The second-order valence-corrected chi connectivity index (χ2v) is 4.96. The fourth-order valence-electron chi connectivity index (χ4n) is 2.31. The van der Waals surface area contributed by atoms with Crippen molar-refractivity contribution in [3.8, 4) is 0 Å². The number of carbonyl (C=O) groups excluding carboxylic acids is 3. The first-order valence-electron chi connectivity index (χ1n) is 6.88. The van der Waals surface area contributed by atoms with Crippen LogP contribution in [0.2, 0.25) is 0 Å². The maximum absolute atomic E-state index is 12.5. The lowest BCUT2D eigenvalue weighted by molar-refractivity contribution is -0.146. The Labute approximate surface area is 128 Å². The Morgan fingerprint density at radius 2 is 1.95 bits per heavy atom. The fourth-order valence-corrected chi connectivity index (χ4v) is 2.31. The van der Waals surface area contributed by atoms with E-state index in [4.69, 9.17) is 9.47 Å². The van der Waals surface area contributed by atoms with Crippen molar-refractivity contribution in [3.05, 3.63) is 29.3 Å². The number of hydrogen-bond donors (Lipinski definition) is 0. The van der Waals surface area contributed by atoms with E-state index in [1.54, 1.807) is 0 Å². The number of hydrazine groups is 1. The Hall–Kier alpha value is -2.57. The summed E-state index contributed by atoms with van der Waals surface area (Å²) in [6.45, 7) is 4.94. The summed E-state index contributed by atoms with van der Waals surface area (Å²) in [5.41, 5.74) is 2.25. The van der Waals surface area contributed by atoms with Crippen molar-refractivity contribution >= 4 is 23.7 Å². The van der Waals surface area contributed by atoms with Gasteiger partial charge in [-0.2, -0.15) is 0 Å². The Kier molecular flexibility index (Phi) is 4.65. The zero-order valence-corrected chi connectivity index (χ0v) is 12.8. The first-order chi connectivity index (χ1) is 10.4. The van der Waals surface area contributed by atoms with Crippen LogP contribution in [0.1, 0.15) is 18.1 Å². The largest absolute Gasteiger partial charge is 0.456 e. The van der Waals surface area contributed by atoms with E-state index < -0.39 is 24.6 Å². The number of ether oxygens (including phenoxy) is 2. The summed E-state index contributed by atoms with van der Waals surface area (Å²) < 4.78 is 9.68. The molecule has 1 heterocycles. The quantitative estimate of drug-likeness (QED) is 0.789. The third kappa shape index (κ3) is 3.19. The van der Waals surface area contributed by atoms with E-state index in [2.05, 4.69) is 0 Å². The molecule has 1 aliphatic rings. The number of aryl methyl sites for hydroxylation is 2. The van der Waals surface area contributed by atoms with E-state index in [1.807, 2.05) is 32.0 Å². The molecule has 0 N–H and O–H groups in total. The fraction of sp³-hybridized carbons (Fsp3) is 0.400. The molecule has 118 valence electrons. The Balaban J connectivity index is 2.39. The van der Waals surface area contributed by atoms with Gasteiger partial charge in [-0.1, -0.05) is 18.2 Å². The molecule has 1 aliphatic heterocycles. The maximum atomic E-state index is 12.5. The summed E-state index contributed by atoms with van der Waals surface area (Å²) in [7, 11) is 0. The molecule has 0 atom stereocenters. The van der Waals surface area contributed by atoms with Crippen LogP contribution in [0.3, 0.4) is 0 Å². The Morgan fingerprint density at radius 1 is 1.32 bits per heavy atom. The van der Waals surface area contributed by atoms with E-state index in [1.165, 1.54) is 16.9 Å². The lowest BCUT2D eigenvalue weighted by atomic mass is 10.1. The highest BCUT2D eigenvalue weighted by Crippen LogP contribution is 2.27. The van der Waals surface area contributed by atoms with Crippen molar-refractivity contribution in [2.75, 3.05) is 24.8 Å². The number of anilines is 1. The zero-order chi connectivity index (χ0) is 16.3. The first kappa shape index (κ1) is 15.8. The summed E-state index contributed by atoms with van der Waals surface area (Å²) in [5.74, 6) is -1.06. The molecular weight excluding hydrogens is 288 g/mol. The summed E-state index contributed by atoms with van der Waals surface area (Å²) in [6, 6.07) is 5.55. The Morgan fingerprint density at radius 3 is 2.45 bits per heavy atom. The van der Waals surface area contributed by atoms with E-state index in [-0.39, 0.29) is 13.2 Å². The van der Waals surface area contributed by atoms with Crippen LogP contribution in [-0.2, 0) is 19.1 Å². The van der Waals surface area contributed by atoms with Gasteiger partial charge in [0.05, 0.1) is 12.2 Å². The topological polar surface area (TPSA) is 76.2 Å². The van der Waals surface area contributed by atoms with Crippen LogP contribution in [0.4, 0.5) is 10.5 Å². The minimum atomic E-state index is -0.598. The highest BCUT2D eigenvalue weighted by Gasteiger charge is 2.34. The van der Waals surface area contributed by atoms with Gasteiger partial charge in [0.15, 0.2) is 6.61 Å². The number of benzene rings is 1. The van der Waals surface area contributed by atoms with Gasteiger partial charge in [-0.05, 0) is 25.0 Å². The minimum absolute atomic E-state index is 0.209. The van der Waals surface area contributed by atoms with E-state index in [0.717, 1.165) is 11.1 Å². The smallest absolute Gasteiger partial charge is 0.429 e. The molecule has 2 rings (SSSR count). The van der Waals surface area contributed by atoms with Crippen LogP contribution in [0, 0.1) is 13.8 Å². The van der Waals surface area contributed by atoms with Gasteiger partial charge in [-0.15, -0.1) is 0 Å². The van der Waals surface area contributed by atoms with Crippen LogP contribution < -0.4 is 5.01 Å². The summed E-state index contributed by atoms with van der Waals surface area (Å²) in [4.78, 5) is 35.3. The highest BCUT2D eigenvalue weighted by molar-refractivity contribution is 5.98. The second kappa shape index (κ2) is 6.46. The number of nitrogens with zero attached hydrogens (tertiary/aromatic N) is 2. The highest BCUT2D eigenvalue weighted by atomic mass is 16.6. The number of cyclic esters (lactones) is 1. The number of hydrogen-bond acceptors (Lipinski definition) is 5. The molecule has 2 amide bonds. The summed E-state index contributed by atoms with van der Waals surface area (Å²) >= 11 is 0. The molecule has 0 aliphatic carbocycles. The van der Waals surface area contributed by atoms with Crippen molar-refractivity contribution in [1.82, 2.24) is 5.01 Å². The van der Waals surface area contributed by atoms with E-state index >= 15 is 0 Å². The molecule has 0 bridgehead atoms. The lowest BCUT2D eigenvalue weighted by Crippen LogP contribution is -2.49. The van der Waals surface area contributed by atoms with Gasteiger partial charge in [-0.25, -0.2) is 14.8 Å². The van der Waals surface area contributed by atoms with Gasteiger partial charge in [-0.3, -0.25) is 9.59 Å². The second-order valence-electron chi connectivity index (χ2n) is 4.96. The lowest BCUT2D eigenvalue weighted by Gasteiger charge is -2.31. The maximum Gasteiger partial charge on any atom is 0.429 e. The standard InChI is InChI=1S/C15H18N2O5/c1-10-5-4-6-11(2)14(10)17(13(19)9-22-12(3)18)16-7-8-21-15(16)20/h4-6H,7-9H2,1-3H3. The molecule has 0 unspecified atom stereocenters. The normalized spacial score (nSPS) is 13.8. The zero-order valence-electron chi connectivity index (χ0n) is 12.8. The van der Waals surface area contributed by atoms with Crippen molar-refractivity contribution in [2.24, 2.45) is 0 Å². The van der Waals surface area contributed by atoms with Crippen LogP contribution in [0.5, 0.6) is 0 Å². The molecule has 0 spiro atoms. The predicted molar refractivity (Wildman–Crippen MR) is 78.1 cm³/mol. The SMILES string of the molecule is CC(=O)OCC(=O)N(c1c(C)cccc1C)N1CCOC1=O. The van der Waals surface area contributed by atoms with E-state index in [0.29, 0.717) is 5.69 Å². The Bertz CT molecular complexity index is 594. The molecule has 1 fully saturated rings. The molecule has 22 heavy (non-hydrogen) atoms. The van der Waals surface area contributed by atoms with Crippen LogP contribution in [-0.4, -0.2) is 42.7 Å². The van der Waals surface area contributed by atoms with Crippen molar-refractivity contribution in [3.63, 3.8) is 0 Å². The van der Waals surface area contributed by atoms with Crippen molar-refractivity contribution in [2.45, 2.75) is 20.8 Å². The van der Waals surface area contributed by atoms with Gasteiger partial charge in [0.25, 0.3) is 5.91 Å². The van der Waals surface area contributed by atoms with Crippen LogP contribution >= 0.6 is 0 Å². The van der Waals surface area contributed by atoms with E-state index in [9.17, 15) is 14.4 Å². The molecule has 1 aromatic rings. The van der Waals surface area contributed by atoms with Crippen molar-refractivity contribution < 1.29 is 23.9 Å². The molecule has 1 saturated heterocycles. The van der Waals surface area contributed by atoms with Crippen LogP contribution in [0.15, 0.2) is 18.2 Å². The summed E-state index contributed by atoms with van der Waals surface area (Å²) in [5, 5.41) is 2.46. The molecular formula is C15H18N2O5. The molecule has 1 aromatic carbocycles. The monoisotopic (exact) mass is 306 g/mol. The molecule has 0 saturated carbocycles. The average Bonchev–Trinajstić information content (AvgIpc) is 2.86. The van der Waals surface area contributed by atoms with Crippen molar-refractivity contribution in [1.29, 1.82) is 0 Å². The molecule has 7 heteroatoms. The average molecular weight is 306 g/mol. The van der Waals surface area contributed by atoms with Gasteiger partial charge in [0.2, 0.25) is 0 Å². The van der Waals surface area contributed by atoms with Gasteiger partial charge < -0.3 is 9.47 Å².